The van der Waals surface area contributed by atoms with Crippen molar-refractivity contribution >= 4 is 6.29 Å². The zero-order chi connectivity index (χ0) is 18.0. The van der Waals surface area contributed by atoms with Gasteiger partial charge in [-0.15, -0.1) is 0 Å². The Morgan fingerprint density at radius 1 is 0.720 bits per heavy atom. The Morgan fingerprint density at radius 2 is 1.16 bits per heavy atom. The molecule has 0 aromatic rings. The first-order valence-electron chi connectivity index (χ1n) is 11.5. The molecule has 1 aliphatic rings. The first-order chi connectivity index (χ1) is 12.4. The van der Waals surface area contributed by atoms with Crippen molar-refractivity contribution < 1.29 is 4.79 Å². The third kappa shape index (κ3) is 12.6. The lowest BCUT2D eigenvalue weighted by molar-refractivity contribution is 0.287. The maximum Gasteiger partial charge on any atom is 0.217 e. The highest BCUT2D eigenvalue weighted by Crippen LogP contribution is 2.17. The van der Waals surface area contributed by atoms with E-state index in [1.807, 2.05) is 0 Å². The Bertz CT molecular complexity index is 292. The van der Waals surface area contributed by atoms with E-state index in [1.165, 1.54) is 109 Å². The van der Waals surface area contributed by atoms with E-state index in [9.17, 15) is 4.79 Å². The van der Waals surface area contributed by atoms with E-state index >= 15 is 0 Å². The van der Waals surface area contributed by atoms with Crippen molar-refractivity contribution in [1.82, 2.24) is 4.90 Å². The fourth-order valence-corrected chi connectivity index (χ4v) is 4.09. The van der Waals surface area contributed by atoms with Crippen LogP contribution in [0, 0.1) is 0 Å². The first kappa shape index (κ1) is 22.7. The van der Waals surface area contributed by atoms with Crippen LogP contribution in [0.5, 0.6) is 0 Å². The Kier molecular flexibility index (Phi) is 15.5. The standard InChI is InChI=1S/C23H44NO/c1-2-3-4-5-6-7-8-9-10-11-12-13-14-15-16-17-20-24-21-18-19-23(24)22-25/h23H,2-21H2,1H3/t23-/m0/s1. The molecule has 0 unspecified atom stereocenters. The van der Waals surface area contributed by atoms with Gasteiger partial charge in [0.25, 0.3) is 0 Å². The molecule has 0 bridgehead atoms. The van der Waals surface area contributed by atoms with Gasteiger partial charge in [0.15, 0.2) is 0 Å². The molecule has 147 valence electrons. The Labute approximate surface area is 158 Å². The number of carbonyl (C=O) groups excluding carboxylic acids is 1. The number of likely N-dealkylation sites (tertiary alicyclic amines) is 1. The molecule has 1 saturated heterocycles. The largest absolute Gasteiger partial charge is 0.293 e. The molecule has 25 heavy (non-hydrogen) atoms. The summed E-state index contributed by atoms with van der Waals surface area (Å²) >= 11 is 0. The van der Waals surface area contributed by atoms with E-state index in [-0.39, 0.29) is 6.04 Å². The van der Waals surface area contributed by atoms with E-state index in [4.69, 9.17) is 0 Å². The summed E-state index contributed by atoms with van der Waals surface area (Å²) in [6, 6.07) is 0.108. The van der Waals surface area contributed by atoms with Gasteiger partial charge in [0.2, 0.25) is 6.29 Å². The molecule has 0 aromatic heterocycles. The van der Waals surface area contributed by atoms with Crippen LogP contribution >= 0.6 is 0 Å². The molecule has 0 N–H and O–H groups in total. The number of unbranched alkanes of at least 4 members (excludes halogenated alkanes) is 15. The number of nitrogens with zero attached hydrogens (tertiary/aromatic N) is 1. The summed E-state index contributed by atoms with van der Waals surface area (Å²) in [7, 11) is 0. The summed E-state index contributed by atoms with van der Waals surface area (Å²) in [6.07, 6.45) is 27.1. The van der Waals surface area contributed by atoms with E-state index in [2.05, 4.69) is 18.1 Å². The molecular weight excluding hydrogens is 306 g/mol. The van der Waals surface area contributed by atoms with Gasteiger partial charge in [-0.1, -0.05) is 103 Å². The quantitative estimate of drug-likeness (QED) is 0.253. The summed E-state index contributed by atoms with van der Waals surface area (Å²) in [5.41, 5.74) is 0. The molecule has 1 rings (SSSR count). The maximum atomic E-state index is 10.8. The molecular formula is C23H44NO. The van der Waals surface area contributed by atoms with Gasteiger partial charge in [-0.3, -0.25) is 9.69 Å². The van der Waals surface area contributed by atoms with Crippen LogP contribution in [-0.4, -0.2) is 30.3 Å². The highest BCUT2D eigenvalue weighted by Gasteiger charge is 2.23. The minimum Gasteiger partial charge on any atom is -0.293 e. The fraction of sp³-hybridized carbons (Fsp3) is 0.957. The number of hydrogen-bond donors (Lipinski definition) is 0. The van der Waals surface area contributed by atoms with Gasteiger partial charge < -0.3 is 0 Å². The van der Waals surface area contributed by atoms with Crippen molar-refractivity contribution in [3.8, 4) is 0 Å². The highest BCUT2D eigenvalue weighted by atomic mass is 16.1. The molecule has 0 saturated carbocycles. The van der Waals surface area contributed by atoms with Crippen LogP contribution in [0.2, 0.25) is 0 Å². The summed E-state index contributed by atoms with van der Waals surface area (Å²) in [6.45, 7) is 4.51. The Hall–Kier alpha value is -0.370. The predicted molar refractivity (Wildman–Crippen MR) is 110 cm³/mol. The summed E-state index contributed by atoms with van der Waals surface area (Å²) in [4.78, 5) is 13.2. The minimum atomic E-state index is 0.108. The van der Waals surface area contributed by atoms with Crippen molar-refractivity contribution in [3.05, 3.63) is 0 Å². The number of hydrogen-bond acceptors (Lipinski definition) is 2. The van der Waals surface area contributed by atoms with Crippen LogP contribution in [0.3, 0.4) is 0 Å². The monoisotopic (exact) mass is 350 g/mol. The summed E-state index contributed by atoms with van der Waals surface area (Å²) in [5.74, 6) is 0. The predicted octanol–water partition coefficient (Wildman–Crippen LogP) is 6.82. The van der Waals surface area contributed by atoms with E-state index in [0.717, 1.165) is 19.5 Å². The summed E-state index contributed by atoms with van der Waals surface area (Å²) < 4.78 is 0. The lowest BCUT2D eigenvalue weighted by atomic mass is 10.0. The molecule has 2 nitrogen and oxygen atoms in total. The van der Waals surface area contributed by atoms with Crippen molar-refractivity contribution in [2.45, 2.75) is 129 Å². The van der Waals surface area contributed by atoms with Crippen LogP contribution in [0.1, 0.15) is 122 Å². The molecule has 1 aliphatic heterocycles. The Morgan fingerprint density at radius 3 is 1.60 bits per heavy atom. The second kappa shape index (κ2) is 17.1. The zero-order valence-electron chi connectivity index (χ0n) is 17.1. The van der Waals surface area contributed by atoms with Gasteiger partial charge in [-0.05, 0) is 32.4 Å². The van der Waals surface area contributed by atoms with Crippen molar-refractivity contribution in [1.29, 1.82) is 0 Å². The smallest absolute Gasteiger partial charge is 0.217 e. The molecule has 1 fully saturated rings. The molecule has 1 atom stereocenters. The second-order valence-corrected chi connectivity index (χ2v) is 8.12. The van der Waals surface area contributed by atoms with Gasteiger partial charge in [0, 0.05) is 0 Å². The number of rotatable bonds is 18. The van der Waals surface area contributed by atoms with Crippen molar-refractivity contribution in [3.63, 3.8) is 0 Å². The molecule has 0 amide bonds. The highest BCUT2D eigenvalue weighted by molar-refractivity contribution is 5.58. The van der Waals surface area contributed by atoms with Gasteiger partial charge in [-0.25, -0.2) is 0 Å². The topological polar surface area (TPSA) is 20.3 Å². The van der Waals surface area contributed by atoms with E-state index in [1.54, 1.807) is 0 Å². The Balaban J connectivity index is 1.71. The van der Waals surface area contributed by atoms with Crippen molar-refractivity contribution in [2.24, 2.45) is 0 Å². The normalized spacial score (nSPS) is 18.0. The van der Waals surface area contributed by atoms with Gasteiger partial charge in [-0.2, -0.15) is 0 Å². The third-order valence-electron chi connectivity index (χ3n) is 5.80. The van der Waals surface area contributed by atoms with Gasteiger partial charge in [0.1, 0.15) is 0 Å². The van der Waals surface area contributed by atoms with Gasteiger partial charge in [0.05, 0.1) is 6.04 Å². The summed E-state index contributed by atoms with van der Waals surface area (Å²) in [5, 5.41) is 0. The molecule has 1 heterocycles. The average Bonchev–Trinajstić information content (AvgIpc) is 3.09. The molecule has 0 spiro atoms. The minimum absolute atomic E-state index is 0.108. The third-order valence-corrected chi connectivity index (χ3v) is 5.80. The van der Waals surface area contributed by atoms with E-state index in [0.29, 0.717) is 0 Å². The fourth-order valence-electron chi connectivity index (χ4n) is 4.09. The SMILES string of the molecule is CCCCCCCCCCCCCCCCCCN1CCC[C@H]1[C]=O. The molecule has 0 aromatic carbocycles. The van der Waals surface area contributed by atoms with E-state index < -0.39 is 0 Å². The molecule has 1 radical (unpaired) electrons. The van der Waals surface area contributed by atoms with Crippen LogP contribution in [-0.2, 0) is 4.79 Å². The van der Waals surface area contributed by atoms with Crippen LogP contribution in [0.25, 0.3) is 0 Å². The first-order valence-corrected chi connectivity index (χ1v) is 11.5. The zero-order valence-corrected chi connectivity index (χ0v) is 17.1. The second-order valence-electron chi connectivity index (χ2n) is 8.12. The van der Waals surface area contributed by atoms with Crippen molar-refractivity contribution in [2.75, 3.05) is 13.1 Å². The average molecular weight is 351 g/mol. The van der Waals surface area contributed by atoms with Gasteiger partial charge >= 0.3 is 0 Å². The maximum absolute atomic E-state index is 10.8. The van der Waals surface area contributed by atoms with Crippen LogP contribution in [0.4, 0.5) is 0 Å². The molecule has 0 aliphatic carbocycles. The van der Waals surface area contributed by atoms with Crippen LogP contribution < -0.4 is 0 Å². The molecule has 2 heteroatoms. The van der Waals surface area contributed by atoms with Crippen LogP contribution in [0.15, 0.2) is 0 Å². The lowest BCUT2D eigenvalue weighted by Gasteiger charge is -2.18. The lowest BCUT2D eigenvalue weighted by Crippen LogP contribution is -2.31.